The predicted octanol–water partition coefficient (Wildman–Crippen LogP) is 1.54. The van der Waals surface area contributed by atoms with E-state index in [1.165, 1.54) is 4.90 Å². The van der Waals surface area contributed by atoms with Crippen molar-refractivity contribution in [2.24, 2.45) is 0 Å². The Morgan fingerprint density at radius 2 is 1.81 bits per heavy atom. The van der Waals surface area contributed by atoms with Gasteiger partial charge in [-0.3, -0.25) is 19.3 Å². The largest absolute Gasteiger partial charge is 0.310 e. The number of nitrogens with zero attached hydrogens (tertiary/aromatic N) is 1. The maximum absolute atomic E-state index is 12.4. The molecule has 1 unspecified atom stereocenters. The number of fused-ring (bicyclic) bond motifs is 1. The molecule has 5 nitrogen and oxygen atoms in total. The maximum Gasteiger partial charge on any atom is 0.261 e. The third kappa shape index (κ3) is 3.19. The van der Waals surface area contributed by atoms with Crippen LogP contribution in [0.25, 0.3) is 0 Å². The molecule has 1 heterocycles. The van der Waals surface area contributed by atoms with Crippen LogP contribution >= 0.6 is 0 Å². The lowest BCUT2D eigenvalue weighted by Gasteiger charge is -2.25. The Bertz CT molecular complexity index is 507. The van der Waals surface area contributed by atoms with E-state index in [2.05, 4.69) is 5.32 Å². The fraction of sp³-hybridized carbons (Fsp3) is 0.438. The lowest BCUT2D eigenvalue weighted by molar-refractivity contribution is 0.0570. The van der Waals surface area contributed by atoms with Gasteiger partial charge >= 0.3 is 0 Å². The number of hydrogen-bond acceptors (Lipinski definition) is 4. The van der Waals surface area contributed by atoms with Crippen molar-refractivity contribution in [1.29, 1.82) is 0 Å². The smallest absolute Gasteiger partial charge is 0.261 e. The number of benzene rings is 1. The highest BCUT2D eigenvalue weighted by Crippen LogP contribution is 2.26. The zero-order chi connectivity index (χ0) is 15.2. The van der Waals surface area contributed by atoms with Crippen LogP contribution in [0.15, 0.2) is 24.3 Å². The van der Waals surface area contributed by atoms with E-state index in [1.54, 1.807) is 30.6 Å². The molecule has 5 heteroatoms. The molecule has 0 spiro atoms. The lowest BCUT2D eigenvalue weighted by Crippen LogP contribution is -2.39. The zero-order valence-electron chi connectivity index (χ0n) is 12.1. The van der Waals surface area contributed by atoms with Gasteiger partial charge in [-0.05, 0) is 37.9 Å². The summed E-state index contributed by atoms with van der Waals surface area (Å²) in [5, 5.41) is 2.93. The first-order valence-corrected chi connectivity index (χ1v) is 7.23. The molecule has 0 saturated heterocycles. The summed E-state index contributed by atoms with van der Waals surface area (Å²) < 4.78 is 0. The summed E-state index contributed by atoms with van der Waals surface area (Å²) in [6.07, 6.45) is 4.03. The molecule has 2 amide bonds. The number of imide groups is 1. The Kier molecular flexibility index (Phi) is 5.22. The van der Waals surface area contributed by atoms with Crippen LogP contribution < -0.4 is 5.32 Å². The van der Waals surface area contributed by atoms with Crippen molar-refractivity contribution in [3.63, 3.8) is 0 Å². The number of hydrogen-bond donors (Lipinski definition) is 1. The number of amides is 2. The Labute approximate surface area is 124 Å². The predicted molar refractivity (Wildman–Crippen MR) is 78.8 cm³/mol. The molecule has 111 valence electrons. The van der Waals surface area contributed by atoms with Crippen molar-refractivity contribution in [3.05, 3.63) is 35.4 Å². The molecule has 1 atom stereocenters. The minimum Gasteiger partial charge on any atom is -0.310 e. The number of nitrogens with one attached hydrogen (secondary N) is 1. The van der Waals surface area contributed by atoms with Gasteiger partial charge in [0.1, 0.15) is 0 Å². The molecular formula is C16H19N2O3. The van der Waals surface area contributed by atoms with Gasteiger partial charge in [-0.1, -0.05) is 19.1 Å². The van der Waals surface area contributed by atoms with Crippen molar-refractivity contribution in [1.82, 2.24) is 10.2 Å². The van der Waals surface area contributed by atoms with Crippen LogP contribution in [-0.4, -0.2) is 42.1 Å². The molecule has 2 rings (SSSR count). The molecule has 0 saturated carbocycles. The van der Waals surface area contributed by atoms with E-state index in [0.29, 0.717) is 17.7 Å². The zero-order valence-corrected chi connectivity index (χ0v) is 12.1. The molecule has 1 N–H and O–H groups in total. The third-order valence-electron chi connectivity index (χ3n) is 3.75. The van der Waals surface area contributed by atoms with Gasteiger partial charge in [0.25, 0.3) is 11.8 Å². The van der Waals surface area contributed by atoms with Crippen LogP contribution in [0.5, 0.6) is 0 Å². The molecule has 1 aliphatic heterocycles. The minimum absolute atomic E-state index is 0.0978. The van der Waals surface area contributed by atoms with Crippen molar-refractivity contribution in [2.75, 3.05) is 13.1 Å². The van der Waals surface area contributed by atoms with E-state index < -0.39 is 0 Å². The summed E-state index contributed by atoms with van der Waals surface area (Å²) in [4.78, 5) is 36.2. The van der Waals surface area contributed by atoms with Gasteiger partial charge in [-0.15, -0.1) is 0 Å². The highest BCUT2D eigenvalue weighted by atomic mass is 16.2. The number of rotatable bonds is 8. The van der Waals surface area contributed by atoms with Gasteiger partial charge in [-0.25, -0.2) is 0 Å². The van der Waals surface area contributed by atoms with E-state index in [-0.39, 0.29) is 24.4 Å². The first-order valence-electron chi connectivity index (χ1n) is 7.23. The van der Waals surface area contributed by atoms with Gasteiger partial charge in [0.15, 0.2) is 0 Å². The van der Waals surface area contributed by atoms with Gasteiger partial charge in [0.05, 0.1) is 17.7 Å². The minimum atomic E-state index is -0.198. The van der Waals surface area contributed by atoms with Crippen LogP contribution in [0.1, 0.15) is 46.9 Å². The summed E-state index contributed by atoms with van der Waals surface area (Å²) >= 11 is 0. The van der Waals surface area contributed by atoms with Crippen molar-refractivity contribution in [2.45, 2.75) is 32.2 Å². The van der Waals surface area contributed by atoms with E-state index in [4.69, 9.17) is 0 Å². The SMILES string of the molecule is CCC(CCCNC[C]=O)N1C(=O)c2ccccc2C1=O. The topological polar surface area (TPSA) is 66.5 Å². The molecule has 1 aromatic rings. The van der Waals surface area contributed by atoms with Crippen molar-refractivity contribution in [3.8, 4) is 0 Å². The highest BCUT2D eigenvalue weighted by Gasteiger charge is 2.38. The number of carbonyl (C=O) groups excluding carboxylic acids is 3. The molecular weight excluding hydrogens is 268 g/mol. The van der Waals surface area contributed by atoms with Crippen LogP contribution in [0.3, 0.4) is 0 Å². The Morgan fingerprint density at radius 3 is 2.33 bits per heavy atom. The molecule has 0 aliphatic carbocycles. The standard InChI is InChI=1S/C16H19N2O3/c1-2-12(6-5-9-17-10-11-19)18-15(20)13-7-3-4-8-14(13)16(18)21/h3-4,7-8,12,17H,2,5-6,9-10H2,1H3. The van der Waals surface area contributed by atoms with Crippen LogP contribution in [0.2, 0.25) is 0 Å². The van der Waals surface area contributed by atoms with Crippen molar-refractivity contribution < 1.29 is 14.4 Å². The Hall–Kier alpha value is -2.01. The van der Waals surface area contributed by atoms with Gasteiger partial charge < -0.3 is 5.32 Å². The van der Waals surface area contributed by atoms with E-state index >= 15 is 0 Å². The quantitative estimate of drug-likeness (QED) is 0.582. The van der Waals surface area contributed by atoms with Crippen LogP contribution in [0.4, 0.5) is 0 Å². The van der Waals surface area contributed by atoms with Crippen molar-refractivity contribution >= 4 is 18.1 Å². The summed E-state index contributed by atoms with van der Waals surface area (Å²) in [7, 11) is 0. The number of carbonyl (C=O) groups is 2. The van der Waals surface area contributed by atoms with E-state index in [0.717, 1.165) is 19.3 Å². The summed E-state index contributed by atoms with van der Waals surface area (Å²) in [5.74, 6) is -0.395. The maximum atomic E-state index is 12.4. The summed E-state index contributed by atoms with van der Waals surface area (Å²) in [5.41, 5.74) is 0.990. The Morgan fingerprint density at radius 1 is 1.19 bits per heavy atom. The summed E-state index contributed by atoms with van der Waals surface area (Å²) in [6, 6.07) is 6.84. The van der Waals surface area contributed by atoms with E-state index in [1.807, 2.05) is 6.92 Å². The highest BCUT2D eigenvalue weighted by molar-refractivity contribution is 6.21. The van der Waals surface area contributed by atoms with Gasteiger partial charge in [0, 0.05) is 6.04 Å². The molecule has 0 aromatic heterocycles. The third-order valence-corrected chi connectivity index (χ3v) is 3.75. The Balaban J connectivity index is 2.01. The average Bonchev–Trinajstić information content (AvgIpc) is 2.76. The summed E-state index contributed by atoms with van der Waals surface area (Å²) in [6.45, 7) is 2.86. The van der Waals surface area contributed by atoms with E-state index in [9.17, 15) is 14.4 Å². The second kappa shape index (κ2) is 7.13. The van der Waals surface area contributed by atoms with Crippen LogP contribution in [-0.2, 0) is 4.79 Å². The fourth-order valence-corrected chi connectivity index (χ4v) is 2.66. The molecule has 21 heavy (non-hydrogen) atoms. The second-order valence-corrected chi connectivity index (χ2v) is 5.05. The molecule has 0 bridgehead atoms. The lowest BCUT2D eigenvalue weighted by atomic mass is 10.1. The van der Waals surface area contributed by atoms with Gasteiger partial charge in [0.2, 0.25) is 6.29 Å². The molecule has 1 aromatic carbocycles. The second-order valence-electron chi connectivity index (χ2n) is 5.05. The molecule has 0 fully saturated rings. The molecule has 1 radical (unpaired) electrons. The average molecular weight is 287 g/mol. The van der Waals surface area contributed by atoms with Crippen LogP contribution in [0, 0.1) is 0 Å². The monoisotopic (exact) mass is 287 g/mol. The fourth-order valence-electron chi connectivity index (χ4n) is 2.66. The first kappa shape index (κ1) is 15.4. The molecule has 1 aliphatic rings. The van der Waals surface area contributed by atoms with Gasteiger partial charge in [-0.2, -0.15) is 0 Å². The first-order chi connectivity index (χ1) is 10.2. The normalized spacial score (nSPS) is 15.2.